The monoisotopic (exact) mass is 240 g/mol. The molecule has 1 aromatic carbocycles. The quantitative estimate of drug-likeness (QED) is 0.761. The number of hydrogen-bond acceptors (Lipinski definition) is 3. The lowest BCUT2D eigenvalue weighted by atomic mass is 10.0. The summed E-state index contributed by atoms with van der Waals surface area (Å²) < 4.78 is 17.6. The van der Waals surface area contributed by atoms with Crippen molar-refractivity contribution < 1.29 is 8.42 Å². The second-order valence-corrected chi connectivity index (χ2v) is 3.66. The first kappa shape index (κ1) is 14.6. The predicted molar refractivity (Wildman–Crippen MR) is 64.4 cm³/mol. The van der Waals surface area contributed by atoms with Crippen LogP contribution in [0.4, 0.5) is 0 Å². The normalized spacial score (nSPS) is 9.19. The van der Waals surface area contributed by atoms with Crippen molar-refractivity contribution in [1.29, 1.82) is 5.26 Å². The molecule has 5 heteroatoms. The second-order valence-electron chi connectivity index (χ2n) is 3.09. The van der Waals surface area contributed by atoms with E-state index in [-0.39, 0.29) is 0 Å². The van der Waals surface area contributed by atoms with Gasteiger partial charge in [0.1, 0.15) is 0 Å². The lowest BCUT2D eigenvalue weighted by Crippen LogP contribution is -1.91. The molecular weight excluding hydrogens is 224 g/mol. The summed E-state index contributed by atoms with van der Waals surface area (Å²) in [6.45, 7) is 4.26. The van der Waals surface area contributed by atoms with Gasteiger partial charge >= 0.3 is 0 Å². The van der Waals surface area contributed by atoms with Crippen molar-refractivity contribution in [3.8, 4) is 6.07 Å². The summed E-state index contributed by atoms with van der Waals surface area (Å²) in [6.07, 6.45) is 2.06. The molecule has 0 fully saturated rings. The summed E-state index contributed by atoms with van der Waals surface area (Å²) in [7, 11) is -2.62. The minimum Gasteiger partial charge on any atom is -0.231 e. The third kappa shape index (κ3) is 5.49. The molecule has 88 valence electrons. The average Bonchev–Trinajstić information content (AvgIpc) is 2.27. The van der Waals surface area contributed by atoms with Crippen LogP contribution in [0.25, 0.3) is 0 Å². The van der Waals surface area contributed by atoms with Crippen LogP contribution < -0.4 is 5.14 Å². The summed E-state index contributed by atoms with van der Waals surface area (Å²) in [5.74, 6) is 0. The molecule has 0 amide bonds. The Kier molecular flexibility index (Phi) is 7.18. The minimum absolute atomic E-state index is 0.768. The average molecular weight is 240 g/mol. The van der Waals surface area contributed by atoms with E-state index in [0.29, 0.717) is 0 Å². The first-order valence-electron chi connectivity index (χ1n) is 4.96. The van der Waals surface area contributed by atoms with Gasteiger partial charge in [-0.05, 0) is 36.1 Å². The SMILES string of the molecule is CCc1ccc(C#N)cc1CC.N[SH](=O)=O. The Balaban J connectivity index is 0.000000487. The Bertz CT molecular complexity index is 440. The van der Waals surface area contributed by atoms with Gasteiger partial charge in [0.2, 0.25) is 0 Å². The van der Waals surface area contributed by atoms with Crippen LogP contribution in [0.5, 0.6) is 0 Å². The van der Waals surface area contributed by atoms with Crippen molar-refractivity contribution >= 4 is 10.9 Å². The number of nitrogens with two attached hydrogens (primary N) is 1. The van der Waals surface area contributed by atoms with E-state index in [4.69, 9.17) is 13.7 Å². The predicted octanol–water partition coefficient (Wildman–Crippen LogP) is 1.15. The number of aryl methyl sites for hydroxylation is 2. The van der Waals surface area contributed by atoms with E-state index in [0.717, 1.165) is 18.4 Å². The van der Waals surface area contributed by atoms with Gasteiger partial charge in [-0.3, -0.25) is 0 Å². The van der Waals surface area contributed by atoms with E-state index in [1.165, 1.54) is 11.1 Å². The Hall–Kier alpha value is -1.38. The van der Waals surface area contributed by atoms with Crippen molar-refractivity contribution in [2.45, 2.75) is 26.7 Å². The summed E-state index contributed by atoms with van der Waals surface area (Å²) in [4.78, 5) is 0. The highest BCUT2D eigenvalue weighted by Crippen LogP contribution is 2.12. The third-order valence-electron chi connectivity index (χ3n) is 2.10. The molecule has 0 aliphatic heterocycles. The highest BCUT2D eigenvalue weighted by molar-refractivity contribution is 7.69. The first-order chi connectivity index (χ1) is 7.54. The Labute approximate surface area is 97.8 Å². The molecule has 0 unspecified atom stereocenters. The number of rotatable bonds is 2. The highest BCUT2D eigenvalue weighted by Gasteiger charge is 1.99. The standard InChI is InChI=1S/C11H13N.H3NO2S/c1-3-10-6-5-9(8-12)7-11(10)4-2;1-4(2)3/h5-7H,3-4H2,1-2H3;4H,(H2,1,2,3). The molecule has 1 rings (SSSR count). The van der Waals surface area contributed by atoms with Crippen molar-refractivity contribution in [2.24, 2.45) is 5.14 Å². The zero-order valence-corrected chi connectivity index (χ0v) is 10.3. The second kappa shape index (κ2) is 7.85. The van der Waals surface area contributed by atoms with Crippen LogP contribution in [-0.2, 0) is 23.7 Å². The molecule has 0 atom stereocenters. The Morgan fingerprint density at radius 2 is 1.75 bits per heavy atom. The fourth-order valence-corrected chi connectivity index (χ4v) is 1.37. The largest absolute Gasteiger partial charge is 0.231 e. The maximum absolute atomic E-state index is 8.81. The highest BCUT2D eigenvalue weighted by atomic mass is 32.2. The molecule has 2 N–H and O–H groups in total. The van der Waals surface area contributed by atoms with E-state index in [1.54, 1.807) is 0 Å². The van der Waals surface area contributed by atoms with Crippen LogP contribution in [0, 0.1) is 11.3 Å². The van der Waals surface area contributed by atoms with Crippen LogP contribution in [-0.4, -0.2) is 8.42 Å². The van der Waals surface area contributed by atoms with Gasteiger partial charge in [0.05, 0.1) is 11.6 Å². The van der Waals surface area contributed by atoms with Crippen LogP contribution >= 0.6 is 0 Å². The van der Waals surface area contributed by atoms with Crippen LogP contribution in [0.1, 0.15) is 30.5 Å². The molecule has 4 nitrogen and oxygen atoms in total. The zero-order valence-electron chi connectivity index (χ0n) is 9.43. The molecule has 0 radical (unpaired) electrons. The Morgan fingerprint density at radius 3 is 2.12 bits per heavy atom. The first-order valence-corrected chi connectivity index (χ1v) is 6.20. The van der Waals surface area contributed by atoms with E-state index in [9.17, 15) is 0 Å². The molecule has 0 spiro atoms. The fourth-order valence-electron chi connectivity index (χ4n) is 1.37. The summed E-state index contributed by atoms with van der Waals surface area (Å²) in [5, 5.41) is 12.7. The molecule has 0 bridgehead atoms. The Morgan fingerprint density at radius 1 is 1.25 bits per heavy atom. The van der Waals surface area contributed by atoms with Crippen LogP contribution in [0.15, 0.2) is 18.2 Å². The van der Waals surface area contributed by atoms with E-state index in [1.807, 2.05) is 12.1 Å². The van der Waals surface area contributed by atoms with Crippen LogP contribution in [0.3, 0.4) is 0 Å². The number of nitrogens with zero attached hydrogens (tertiary/aromatic N) is 1. The van der Waals surface area contributed by atoms with Gasteiger partial charge in [-0.2, -0.15) is 5.26 Å². The molecule has 1 aromatic rings. The minimum atomic E-state index is -2.62. The molecule has 16 heavy (non-hydrogen) atoms. The fraction of sp³-hybridized carbons (Fsp3) is 0.364. The lowest BCUT2D eigenvalue weighted by Gasteiger charge is -2.04. The number of hydrogen-bond donors (Lipinski definition) is 2. The van der Waals surface area contributed by atoms with Gasteiger partial charge in [0.15, 0.2) is 10.9 Å². The molecule has 0 saturated carbocycles. The van der Waals surface area contributed by atoms with Crippen molar-refractivity contribution in [1.82, 2.24) is 0 Å². The van der Waals surface area contributed by atoms with E-state index < -0.39 is 10.9 Å². The van der Waals surface area contributed by atoms with Gasteiger partial charge < -0.3 is 0 Å². The van der Waals surface area contributed by atoms with Gasteiger partial charge in [0.25, 0.3) is 0 Å². The number of benzene rings is 1. The molecule has 0 saturated heterocycles. The molecular formula is C11H16N2O2S. The zero-order chi connectivity index (χ0) is 12.6. The maximum atomic E-state index is 8.81. The summed E-state index contributed by atoms with van der Waals surface area (Å²) >= 11 is 0. The maximum Gasteiger partial charge on any atom is 0.198 e. The topological polar surface area (TPSA) is 83.9 Å². The molecule has 0 aromatic heterocycles. The van der Waals surface area contributed by atoms with Gasteiger partial charge in [-0.1, -0.05) is 19.9 Å². The lowest BCUT2D eigenvalue weighted by molar-refractivity contribution is 0.616. The number of thiol groups is 1. The van der Waals surface area contributed by atoms with Gasteiger partial charge in [-0.15, -0.1) is 0 Å². The van der Waals surface area contributed by atoms with E-state index >= 15 is 0 Å². The summed E-state index contributed by atoms with van der Waals surface area (Å²) in [5.41, 5.74) is 3.43. The smallest absolute Gasteiger partial charge is 0.198 e. The van der Waals surface area contributed by atoms with Gasteiger partial charge in [0, 0.05) is 0 Å². The number of nitriles is 1. The van der Waals surface area contributed by atoms with Crippen molar-refractivity contribution in [3.05, 3.63) is 34.9 Å². The molecule has 0 aliphatic carbocycles. The van der Waals surface area contributed by atoms with Crippen molar-refractivity contribution in [3.63, 3.8) is 0 Å². The molecule has 0 aliphatic rings. The van der Waals surface area contributed by atoms with Crippen molar-refractivity contribution in [2.75, 3.05) is 0 Å². The molecule has 0 heterocycles. The van der Waals surface area contributed by atoms with E-state index in [2.05, 4.69) is 31.1 Å². The summed E-state index contributed by atoms with van der Waals surface area (Å²) in [6, 6.07) is 8.08. The van der Waals surface area contributed by atoms with Crippen LogP contribution in [0.2, 0.25) is 0 Å². The van der Waals surface area contributed by atoms with Gasteiger partial charge in [-0.25, -0.2) is 13.6 Å². The third-order valence-corrected chi connectivity index (χ3v) is 2.10.